The molecule has 0 atom stereocenters. The average molecular weight is 493 g/mol. The zero-order chi connectivity index (χ0) is 25.5. The molecular weight excluding hydrogens is 444 g/mol. The number of hydrazone groups is 1. The van der Waals surface area contributed by atoms with Crippen molar-refractivity contribution < 1.29 is 9.53 Å². The predicted octanol–water partition coefficient (Wildman–Crippen LogP) is 8.98. The van der Waals surface area contributed by atoms with Crippen LogP contribution in [0.2, 0.25) is 0 Å². The third-order valence-electron chi connectivity index (χ3n) is 6.56. The predicted molar refractivity (Wildman–Crippen MR) is 152 cm³/mol. The van der Waals surface area contributed by atoms with E-state index in [1.807, 2.05) is 54.6 Å². The zero-order valence-electron chi connectivity index (χ0n) is 22.6. The lowest BCUT2D eigenvalue weighted by molar-refractivity contribution is -0.121. The molecule has 4 nitrogen and oxygen atoms in total. The number of para-hydroxylation sites is 1. The first-order valence-electron chi connectivity index (χ1n) is 14.4. The van der Waals surface area contributed by atoms with Crippen molar-refractivity contribution in [2.45, 2.75) is 116 Å². The Morgan fingerprint density at radius 1 is 0.722 bits per heavy atom. The van der Waals surface area contributed by atoms with Crippen molar-refractivity contribution in [3.8, 4) is 5.75 Å². The summed E-state index contributed by atoms with van der Waals surface area (Å²) in [5, 5.41) is 4.14. The molecule has 198 valence electrons. The lowest BCUT2D eigenvalue weighted by Gasteiger charge is -2.09. The topological polar surface area (TPSA) is 50.7 Å². The molecule has 36 heavy (non-hydrogen) atoms. The summed E-state index contributed by atoms with van der Waals surface area (Å²) in [6.07, 6.45) is 22.1. The van der Waals surface area contributed by atoms with Crippen LogP contribution in [0.1, 0.15) is 121 Å². The van der Waals surface area contributed by atoms with Crippen molar-refractivity contribution >= 4 is 12.1 Å². The average Bonchev–Trinajstić information content (AvgIpc) is 2.91. The van der Waals surface area contributed by atoms with Gasteiger partial charge in [-0.2, -0.15) is 5.10 Å². The van der Waals surface area contributed by atoms with Gasteiger partial charge in [0.15, 0.2) is 0 Å². The highest BCUT2D eigenvalue weighted by Crippen LogP contribution is 2.18. The van der Waals surface area contributed by atoms with Gasteiger partial charge in [-0.25, -0.2) is 5.43 Å². The highest BCUT2D eigenvalue weighted by atomic mass is 16.5. The Bertz CT molecular complexity index is 835. The molecule has 0 unspecified atom stereocenters. The molecule has 1 amide bonds. The fourth-order valence-electron chi connectivity index (χ4n) is 4.34. The summed E-state index contributed by atoms with van der Waals surface area (Å²) in [7, 11) is 0. The third kappa shape index (κ3) is 14.7. The zero-order valence-corrected chi connectivity index (χ0v) is 22.6. The lowest BCUT2D eigenvalue weighted by Crippen LogP contribution is -2.17. The highest BCUT2D eigenvalue weighted by molar-refractivity contribution is 5.85. The van der Waals surface area contributed by atoms with Crippen LogP contribution in [0.25, 0.3) is 0 Å². The smallest absolute Gasteiger partial charge is 0.240 e. The van der Waals surface area contributed by atoms with Crippen LogP contribution in [0.5, 0.6) is 5.75 Å². The monoisotopic (exact) mass is 492 g/mol. The Kier molecular flexibility index (Phi) is 16.9. The number of carbonyl (C=O) groups is 1. The number of hydrogen-bond acceptors (Lipinski definition) is 3. The van der Waals surface area contributed by atoms with E-state index in [9.17, 15) is 4.79 Å². The van der Waals surface area contributed by atoms with Crippen molar-refractivity contribution in [3.63, 3.8) is 0 Å². The van der Waals surface area contributed by atoms with Crippen LogP contribution in [0.4, 0.5) is 0 Å². The molecule has 0 aliphatic carbocycles. The fraction of sp³-hybridized carbons (Fsp3) is 0.562. The minimum atomic E-state index is -0.0244. The molecule has 0 aliphatic heterocycles. The molecule has 4 heteroatoms. The largest absolute Gasteiger partial charge is 0.488 e. The van der Waals surface area contributed by atoms with Gasteiger partial charge in [-0.15, -0.1) is 0 Å². The standard InChI is InChI=1S/C32H48N2O2/c1-2-3-4-5-6-7-8-9-10-11-12-13-14-15-19-26-32(35)34-33-27-30-24-20-21-25-31(30)36-28-29-22-17-16-18-23-29/h16-18,20-25,27H,2-15,19,26,28H2,1H3,(H,34,35). The molecule has 2 aromatic carbocycles. The summed E-state index contributed by atoms with van der Waals surface area (Å²) in [5.74, 6) is 0.727. The molecule has 0 spiro atoms. The van der Waals surface area contributed by atoms with Crippen LogP contribution in [0.15, 0.2) is 59.7 Å². The van der Waals surface area contributed by atoms with Gasteiger partial charge in [-0.1, -0.05) is 139 Å². The van der Waals surface area contributed by atoms with Gasteiger partial charge in [-0.05, 0) is 24.1 Å². The molecular formula is C32H48N2O2. The number of carbonyl (C=O) groups excluding carboxylic acids is 1. The van der Waals surface area contributed by atoms with E-state index in [4.69, 9.17) is 4.74 Å². The number of rotatable bonds is 21. The number of unbranched alkanes of at least 4 members (excludes halogenated alkanes) is 14. The summed E-state index contributed by atoms with van der Waals surface area (Å²) in [6.45, 7) is 2.77. The normalized spacial score (nSPS) is 11.1. The second-order valence-corrected chi connectivity index (χ2v) is 9.81. The number of nitrogens with one attached hydrogen (secondary N) is 1. The van der Waals surface area contributed by atoms with Gasteiger partial charge in [0.05, 0.1) is 6.21 Å². The van der Waals surface area contributed by atoms with Crippen LogP contribution in [0, 0.1) is 0 Å². The maximum Gasteiger partial charge on any atom is 0.240 e. The first kappa shape index (κ1) is 29.6. The maximum atomic E-state index is 12.1. The summed E-state index contributed by atoms with van der Waals surface area (Å²) in [6, 6.07) is 17.8. The Labute approximate surface area is 219 Å². The van der Waals surface area contributed by atoms with Gasteiger partial charge in [0, 0.05) is 12.0 Å². The molecule has 2 aromatic rings. The van der Waals surface area contributed by atoms with E-state index in [0.717, 1.165) is 29.7 Å². The number of nitrogens with zero attached hydrogens (tertiary/aromatic N) is 1. The molecule has 0 aliphatic rings. The van der Waals surface area contributed by atoms with E-state index < -0.39 is 0 Å². The summed E-state index contributed by atoms with van der Waals surface area (Å²) in [5.41, 5.74) is 4.62. The van der Waals surface area contributed by atoms with Crippen LogP contribution in [-0.4, -0.2) is 12.1 Å². The van der Waals surface area contributed by atoms with Gasteiger partial charge >= 0.3 is 0 Å². The molecule has 0 aromatic heterocycles. The number of hydrogen-bond donors (Lipinski definition) is 1. The van der Waals surface area contributed by atoms with Gasteiger partial charge < -0.3 is 4.74 Å². The SMILES string of the molecule is CCCCCCCCCCCCCCCCCC(=O)NN=Cc1ccccc1OCc1ccccc1. The van der Waals surface area contributed by atoms with Crippen molar-refractivity contribution in [3.05, 3.63) is 65.7 Å². The van der Waals surface area contributed by atoms with E-state index >= 15 is 0 Å². The Morgan fingerprint density at radius 3 is 1.86 bits per heavy atom. The summed E-state index contributed by atoms with van der Waals surface area (Å²) < 4.78 is 5.94. The summed E-state index contributed by atoms with van der Waals surface area (Å²) >= 11 is 0. The molecule has 0 saturated carbocycles. The second kappa shape index (κ2) is 20.6. The Morgan fingerprint density at radius 2 is 1.25 bits per heavy atom. The minimum absolute atomic E-state index is 0.0244. The number of amides is 1. The maximum absolute atomic E-state index is 12.1. The third-order valence-corrected chi connectivity index (χ3v) is 6.56. The number of ether oxygens (including phenoxy) is 1. The molecule has 0 saturated heterocycles. The van der Waals surface area contributed by atoms with Crippen LogP contribution in [0.3, 0.4) is 0 Å². The van der Waals surface area contributed by atoms with Gasteiger partial charge in [0.25, 0.3) is 0 Å². The Balaban J connectivity index is 1.46. The van der Waals surface area contributed by atoms with Crippen molar-refractivity contribution in [1.29, 1.82) is 0 Å². The fourth-order valence-corrected chi connectivity index (χ4v) is 4.34. The first-order valence-corrected chi connectivity index (χ1v) is 14.4. The van der Waals surface area contributed by atoms with Gasteiger partial charge in [0.2, 0.25) is 5.91 Å². The summed E-state index contributed by atoms with van der Waals surface area (Å²) in [4.78, 5) is 12.1. The van der Waals surface area contributed by atoms with Crippen LogP contribution >= 0.6 is 0 Å². The van der Waals surface area contributed by atoms with Gasteiger partial charge in [0.1, 0.15) is 12.4 Å². The molecule has 0 radical (unpaired) electrons. The van der Waals surface area contributed by atoms with Crippen molar-refractivity contribution in [2.75, 3.05) is 0 Å². The van der Waals surface area contributed by atoms with Crippen molar-refractivity contribution in [1.82, 2.24) is 5.43 Å². The second-order valence-electron chi connectivity index (χ2n) is 9.81. The minimum Gasteiger partial charge on any atom is -0.488 e. The Hall–Kier alpha value is -2.62. The molecule has 0 bridgehead atoms. The highest BCUT2D eigenvalue weighted by Gasteiger charge is 2.03. The van der Waals surface area contributed by atoms with Gasteiger partial charge in [-0.3, -0.25) is 4.79 Å². The first-order chi connectivity index (χ1) is 17.8. The quantitative estimate of drug-likeness (QED) is 0.107. The van der Waals surface area contributed by atoms with E-state index in [1.54, 1.807) is 6.21 Å². The molecule has 2 rings (SSSR count). The molecule has 0 heterocycles. The number of benzene rings is 2. The van der Waals surface area contributed by atoms with Crippen LogP contribution < -0.4 is 10.2 Å². The van der Waals surface area contributed by atoms with E-state index in [1.165, 1.54) is 83.5 Å². The van der Waals surface area contributed by atoms with E-state index in [2.05, 4.69) is 17.5 Å². The van der Waals surface area contributed by atoms with E-state index in [0.29, 0.717) is 13.0 Å². The van der Waals surface area contributed by atoms with Crippen LogP contribution in [-0.2, 0) is 11.4 Å². The van der Waals surface area contributed by atoms with E-state index in [-0.39, 0.29) is 5.91 Å². The molecule has 1 N–H and O–H groups in total. The lowest BCUT2D eigenvalue weighted by atomic mass is 10.0. The molecule has 0 fully saturated rings. The van der Waals surface area contributed by atoms with Crippen molar-refractivity contribution in [2.24, 2.45) is 5.10 Å².